The molecule has 0 aromatic heterocycles. The van der Waals surface area contributed by atoms with Gasteiger partial charge < -0.3 is 14.2 Å². The Hall–Kier alpha value is -3.88. The van der Waals surface area contributed by atoms with E-state index < -0.39 is 34.7 Å². The van der Waals surface area contributed by atoms with Crippen LogP contribution in [0.4, 0.5) is 0 Å². The molecule has 2 aliphatic heterocycles. The van der Waals surface area contributed by atoms with Crippen molar-refractivity contribution in [2.75, 3.05) is 14.2 Å². The van der Waals surface area contributed by atoms with Crippen molar-refractivity contribution in [3.63, 3.8) is 0 Å². The number of nitrogens with one attached hydrogen (secondary N) is 3. The minimum Gasteiger partial charge on any atom is -0.496 e. The first-order valence-electron chi connectivity index (χ1n) is 9.22. The lowest BCUT2D eigenvalue weighted by Crippen LogP contribution is -2.43. The van der Waals surface area contributed by atoms with E-state index in [1.54, 1.807) is 48.5 Å². The molecule has 4 atom stereocenters. The van der Waals surface area contributed by atoms with Crippen LogP contribution in [-0.4, -0.2) is 26.0 Å². The van der Waals surface area contributed by atoms with E-state index in [1.165, 1.54) is 14.2 Å². The van der Waals surface area contributed by atoms with Crippen LogP contribution in [0.2, 0.25) is 0 Å². The van der Waals surface area contributed by atoms with Crippen LogP contribution >= 0.6 is 0 Å². The smallest absolute Gasteiger partial charge is 0.213 e. The fourth-order valence-electron chi connectivity index (χ4n) is 4.62. The minimum atomic E-state index is -1.76. The molecule has 3 N–H and O–H groups in total. The molecular weight excluding hydrogens is 382 g/mol. The Morgan fingerprint density at radius 2 is 1.23 bits per heavy atom. The number of benzene rings is 2. The second-order valence-electron chi connectivity index (χ2n) is 7.12. The first kappa shape index (κ1) is 19.4. The molecule has 0 amide bonds. The number of para-hydroxylation sites is 2. The number of hydrogen-bond donors (Lipinski definition) is 3. The van der Waals surface area contributed by atoms with Gasteiger partial charge >= 0.3 is 0 Å². The third-order valence-electron chi connectivity index (χ3n) is 5.99. The summed E-state index contributed by atoms with van der Waals surface area (Å²) in [4.78, 5) is 0. The van der Waals surface area contributed by atoms with E-state index in [-0.39, 0.29) is 0 Å². The molecule has 0 saturated carbocycles. The van der Waals surface area contributed by atoms with Crippen LogP contribution in [0.1, 0.15) is 23.2 Å². The molecule has 0 bridgehead atoms. The maximum atomic E-state index is 10.4. The monoisotopic (exact) mass is 401 g/mol. The van der Waals surface area contributed by atoms with Gasteiger partial charge in [0.1, 0.15) is 11.5 Å². The summed E-state index contributed by atoms with van der Waals surface area (Å²) in [6, 6.07) is 16.9. The SMILES string of the molecule is COc1ccccc1C1NC(c2ccccc2OC)C2(C#N)C(=N)OC(=N)C12C#N. The summed E-state index contributed by atoms with van der Waals surface area (Å²) in [5.41, 5.74) is -2.33. The van der Waals surface area contributed by atoms with Gasteiger partial charge in [-0.05, 0) is 12.1 Å². The fourth-order valence-corrected chi connectivity index (χ4v) is 4.62. The quantitative estimate of drug-likeness (QED) is 0.720. The van der Waals surface area contributed by atoms with Gasteiger partial charge in [0.25, 0.3) is 0 Å². The molecule has 4 rings (SSSR count). The molecule has 0 aliphatic carbocycles. The Labute approximate surface area is 173 Å². The Bertz CT molecular complexity index is 1050. The Morgan fingerprint density at radius 1 is 0.833 bits per heavy atom. The summed E-state index contributed by atoms with van der Waals surface area (Å²) < 4.78 is 16.3. The van der Waals surface area contributed by atoms with Gasteiger partial charge in [0.2, 0.25) is 11.8 Å². The molecule has 4 unspecified atom stereocenters. The summed E-state index contributed by atoms with van der Waals surface area (Å²) in [6.07, 6.45) is 0. The maximum Gasteiger partial charge on any atom is 0.213 e. The summed E-state index contributed by atoms with van der Waals surface area (Å²) in [7, 11) is 3.03. The zero-order valence-electron chi connectivity index (χ0n) is 16.4. The van der Waals surface area contributed by atoms with Crippen molar-refractivity contribution in [2.24, 2.45) is 10.8 Å². The number of nitrogens with zero attached hydrogens (tertiary/aromatic N) is 2. The summed E-state index contributed by atoms with van der Waals surface area (Å²) in [5.74, 6) is 0.140. The Kier molecular flexibility index (Phi) is 4.45. The van der Waals surface area contributed by atoms with E-state index in [0.717, 1.165) is 0 Å². The molecule has 2 fully saturated rings. The van der Waals surface area contributed by atoms with Gasteiger partial charge in [-0.2, -0.15) is 10.5 Å². The molecular formula is C22H19N5O3. The van der Waals surface area contributed by atoms with Crippen LogP contribution in [0.15, 0.2) is 48.5 Å². The van der Waals surface area contributed by atoms with Crippen LogP contribution in [0.3, 0.4) is 0 Å². The van der Waals surface area contributed by atoms with Crippen molar-refractivity contribution in [3.8, 4) is 23.6 Å². The van der Waals surface area contributed by atoms with Crippen molar-refractivity contribution >= 4 is 11.8 Å². The lowest BCUT2D eigenvalue weighted by molar-refractivity contribution is 0.341. The van der Waals surface area contributed by atoms with Crippen molar-refractivity contribution in [1.82, 2.24) is 5.32 Å². The molecule has 8 nitrogen and oxygen atoms in total. The summed E-state index contributed by atoms with van der Waals surface area (Å²) in [6.45, 7) is 0. The van der Waals surface area contributed by atoms with Crippen LogP contribution < -0.4 is 14.8 Å². The molecule has 2 saturated heterocycles. The highest BCUT2D eigenvalue weighted by Crippen LogP contribution is 2.66. The number of hydrogen-bond acceptors (Lipinski definition) is 8. The predicted molar refractivity (Wildman–Crippen MR) is 107 cm³/mol. The average Bonchev–Trinajstić information content (AvgIpc) is 3.21. The first-order chi connectivity index (χ1) is 14.5. The minimum absolute atomic E-state index is 0.433. The van der Waals surface area contributed by atoms with Crippen LogP contribution in [0, 0.1) is 44.3 Å². The lowest BCUT2D eigenvalue weighted by Gasteiger charge is -2.30. The molecule has 8 heteroatoms. The topological polar surface area (TPSA) is 135 Å². The second kappa shape index (κ2) is 6.87. The predicted octanol–water partition coefficient (Wildman–Crippen LogP) is 3.09. The van der Waals surface area contributed by atoms with Gasteiger partial charge in [-0.25, -0.2) is 0 Å². The fraction of sp³-hybridized carbons (Fsp3) is 0.273. The highest BCUT2D eigenvalue weighted by molar-refractivity contribution is 6.09. The molecule has 2 heterocycles. The molecule has 0 radical (unpaired) electrons. The van der Waals surface area contributed by atoms with E-state index in [1.807, 2.05) is 0 Å². The molecule has 0 spiro atoms. The van der Waals surface area contributed by atoms with E-state index in [2.05, 4.69) is 17.5 Å². The van der Waals surface area contributed by atoms with Crippen LogP contribution in [-0.2, 0) is 4.74 Å². The van der Waals surface area contributed by atoms with Crippen molar-refractivity contribution < 1.29 is 14.2 Å². The van der Waals surface area contributed by atoms with Gasteiger partial charge in [-0.1, -0.05) is 36.4 Å². The van der Waals surface area contributed by atoms with E-state index >= 15 is 0 Å². The van der Waals surface area contributed by atoms with Gasteiger partial charge in [0, 0.05) is 11.1 Å². The van der Waals surface area contributed by atoms with Crippen molar-refractivity contribution in [1.29, 1.82) is 21.3 Å². The van der Waals surface area contributed by atoms with Crippen LogP contribution in [0.5, 0.6) is 11.5 Å². The zero-order chi connectivity index (χ0) is 21.5. The molecule has 2 aromatic rings. The largest absolute Gasteiger partial charge is 0.496 e. The number of nitriles is 2. The van der Waals surface area contributed by atoms with Gasteiger partial charge in [-0.15, -0.1) is 0 Å². The van der Waals surface area contributed by atoms with Gasteiger partial charge in [0.05, 0.1) is 38.4 Å². The van der Waals surface area contributed by atoms with Gasteiger partial charge in [-0.3, -0.25) is 16.1 Å². The van der Waals surface area contributed by atoms with E-state index in [9.17, 15) is 10.5 Å². The standard InChI is InChI=1S/C22H19N5O3/c1-28-15-9-5-3-7-13(15)17-21(11-23)19(25)30-20(26)22(21,12-24)18(27-17)14-8-4-6-10-16(14)29-2/h3-10,17-18,25-27H,1-2H3. The van der Waals surface area contributed by atoms with E-state index in [4.69, 9.17) is 25.0 Å². The molecule has 150 valence electrons. The molecule has 2 aromatic carbocycles. The second-order valence-corrected chi connectivity index (χ2v) is 7.12. The van der Waals surface area contributed by atoms with Crippen molar-refractivity contribution in [2.45, 2.75) is 12.1 Å². The number of methoxy groups -OCH3 is 2. The third kappa shape index (κ3) is 2.17. The first-order valence-corrected chi connectivity index (χ1v) is 9.22. The average molecular weight is 401 g/mol. The number of ether oxygens (including phenoxy) is 3. The van der Waals surface area contributed by atoms with Crippen molar-refractivity contribution in [3.05, 3.63) is 59.7 Å². The lowest BCUT2D eigenvalue weighted by atomic mass is 9.60. The van der Waals surface area contributed by atoms with Crippen LogP contribution in [0.25, 0.3) is 0 Å². The zero-order valence-corrected chi connectivity index (χ0v) is 16.4. The Morgan fingerprint density at radius 3 is 1.60 bits per heavy atom. The normalized spacial score (nSPS) is 29.5. The third-order valence-corrected chi connectivity index (χ3v) is 5.99. The van der Waals surface area contributed by atoms with E-state index in [0.29, 0.717) is 22.6 Å². The van der Waals surface area contributed by atoms with Gasteiger partial charge in [0.15, 0.2) is 10.8 Å². The number of rotatable bonds is 4. The molecule has 2 aliphatic rings. The summed E-state index contributed by atoms with van der Waals surface area (Å²) in [5, 5.41) is 41.1. The summed E-state index contributed by atoms with van der Waals surface area (Å²) >= 11 is 0. The maximum absolute atomic E-state index is 10.4. The highest BCUT2D eigenvalue weighted by atomic mass is 16.5. The highest BCUT2D eigenvalue weighted by Gasteiger charge is 2.78. The molecule has 30 heavy (non-hydrogen) atoms. The number of fused-ring (bicyclic) bond motifs is 1. The Balaban J connectivity index is 2.04.